The van der Waals surface area contributed by atoms with Gasteiger partial charge in [-0.15, -0.1) is 10.6 Å². The van der Waals surface area contributed by atoms with Crippen molar-refractivity contribution < 1.29 is 17.1 Å². The molecular weight excluding hydrogens is 540 g/mol. The van der Waals surface area contributed by atoms with Crippen molar-refractivity contribution in [3.63, 3.8) is 0 Å². The van der Waals surface area contributed by atoms with Crippen molar-refractivity contribution >= 4 is 47.7 Å². The van der Waals surface area contributed by atoms with Gasteiger partial charge in [0.1, 0.15) is 0 Å². The standard InChI is InChI=1S/2C17H14P.Fe.H3N/c2*1-3-9-15(10-4-1)18(17-13-7-8-14-17)16-11-5-2-6-12-16;;/h2*1-14H;;1H3/q2*-1;+2;. The Kier molecular flexibility index (Phi) is 11.9. The molecule has 38 heavy (non-hydrogen) atoms. The van der Waals surface area contributed by atoms with Gasteiger partial charge in [-0.1, -0.05) is 121 Å². The Balaban J connectivity index is 0.000000200. The van der Waals surface area contributed by atoms with Crippen LogP contribution < -0.4 is 38.0 Å². The summed E-state index contributed by atoms with van der Waals surface area (Å²) in [4.78, 5) is 0. The molecule has 190 valence electrons. The number of hydrogen-bond donors (Lipinski definition) is 1. The molecule has 6 aromatic rings. The Hall–Kier alpha value is -3.08. The molecule has 6 rings (SSSR count). The first-order valence-electron chi connectivity index (χ1n) is 12.1. The first-order valence-corrected chi connectivity index (χ1v) is 14.8. The molecule has 0 spiro atoms. The van der Waals surface area contributed by atoms with Crippen LogP contribution in [0.2, 0.25) is 0 Å². The summed E-state index contributed by atoms with van der Waals surface area (Å²) in [7, 11) is -0.818. The summed E-state index contributed by atoms with van der Waals surface area (Å²) in [6, 6.07) is 60.5. The zero-order valence-electron chi connectivity index (χ0n) is 21.1. The second-order valence-corrected chi connectivity index (χ2v) is 12.7. The molecule has 0 unspecified atom stereocenters. The van der Waals surface area contributed by atoms with Crippen molar-refractivity contribution in [3.05, 3.63) is 170 Å². The van der Waals surface area contributed by atoms with Crippen molar-refractivity contribution in [2.24, 2.45) is 0 Å². The average Bonchev–Trinajstić information content (AvgIpc) is 3.68. The normalized spacial score (nSPS) is 10.2. The van der Waals surface area contributed by atoms with E-state index in [1.54, 1.807) is 0 Å². The molecule has 0 amide bonds. The molecular formula is C34H31FeNP2. The Labute approximate surface area is 239 Å². The van der Waals surface area contributed by atoms with Crippen LogP contribution in [0.25, 0.3) is 0 Å². The summed E-state index contributed by atoms with van der Waals surface area (Å²) in [5, 5.41) is 8.47. The van der Waals surface area contributed by atoms with E-state index < -0.39 is 15.8 Å². The van der Waals surface area contributed by atoms with Gasteiger partial charge in [0, 0.05) is 0 Å². The molecule has 6 aromatic carbocycles. The Morgan fingerprint density at radius 1 is 0.342 bits per heavy atom. The van der Waals surface area contributed by atoms with Gasteiger partial charge in [-0.3, -0.25) is 0 Å². The van der Waals surface area contributed by atoms with Crippen molar-refractivity contribution in [2.45, 2.75) is 0 Å². The van der Waals surface area contributed by atoms with Crippen molar-refractivity contribution in [1.82, 2.24) is 6.15 Å². The molecule has 0 saturated carbocycles. The first kappa shape index (κ1) is 29.5. The number of benzene rings is 4. The van der Waals surface area contributed by atoms with Crippen LogP contribution in [0.5, 0.6) is 0 Å². The van der Waals surface area contributed by atoms with Gasteiger partial charge in [0.15, 0.2) is 0 Å². The minimum atomic E-state index is -0.409. The predicted molar refractivity (Wildman–Crippen MR) is 167 cm³/mol. The van der Waals surface area contributed by atoms with Crippen molar-refractivity contribution in [1.29, 1.82) is 0 Å². The largest absolute Gasteiger partial charge is 2.00 e. The van der Waals surface area contributed by atoms with Crippen molar-refractivity contribution in [3.8, 4) is 0 Å². The maximum absolute atomic E-state index is 2.23. The number of hydrogen-bond acceptors (Lipinski definition) is 1. The zero-order chi connectivity index (χ0) is 24.4. The summed E-state index contributed by atoms with van der Waals surface area (Å²) in [5.41, 5.74) is 0. The van der Waals surface area contributed by atoms with Crippen LogP contribution in [0.3, 0.4) is 0 Å². The van der Waals surface area contributed by atoms with Gasteiger partial charge in [-0.2, -0.15) is 24.3 Å². The zero-order valence-corrected chi connectivity index (χ0v) is 24.0. The van der Waals surface area contributed by atoms with Gasteiger partial charge in [0.2, 0.25) is 0 Å². The molecule has 0 aliphatic rings. The fraction of sp³-hybridized carbons (Fsp3) is 0. The quantitative estimate of drug-likeness (QED) is 0.139. The molecule has 0 aliphatic carbocycles. The summed E-state index contributed by atoms with van der Waals surface area (Å²) in [6.45, 7) is 0. The maximum Gasteiger partial charge on any atom is 2.00 e. The molecule has 0 atom stereocenters. The van der Waals surface area contributed by atoms with Gasteiger partial charge in [0.25, 0.3) is 0 Å². The molecule has 0 radical (unpaired) electrons. The summed E-state index contributed by atoms with van der Waals surface area (Å²) < 4.78 is 0. The second kappa shape index (κ2) is 15.4. The molecule has 0 fully saturated rings. The van der Waals surface area contributed by atoms with E-state index in [4.69, 9.17) is 0 Å². The van der Waals surface area contributed by atoms with Gasteiger partial charge in [-0.25, -0.2) is 24.3 Å². The molecule has 4 heteroatoms. The number of rotatable bonds is 6. The molecule has 0 aliphatic heterocycles. The van der Waals surface area contributed by atoms with Crippen LogP contribution in [0.15, 0.2) is 170 Å². The molecule has 1 nitrogen and oxygen atoms in total. The van der Waals surface area contributed by atoms with E-state index in [0.29, 0.717) is 0 Å². The van der Waals surface area contributed by atoms with E-state index in [1.807, 2.05) is 0 Å². The van der Waals surface area contributed by atoms with E-state index >= 15 is 0 Å². The third-order valence-corrected chi connectivity index (χ3v) is 10.8. The van der Waals surface area contributed by atoms with E-state index in [0.717, 1.165) is 0 Å². The van der Waals surface area contributed by atoms with Crippen LogP contribution in [-0.2, 0) is 17.1 Å². The van der Waals surface area contributed by atoms with Crippen LogP contribution in [-0.4, -0.2) is 0 Å². The molecule has 0 saturated heterocycles. The van der Waals surface area contributed by atoms with Crippen LogP contribution in [0.4, 0.5) is 0 Å². The third kappa shape index (κ3) is 7.49. The monoisotopic (exact) mass is 571 g/mol. The van der Waals surface area contributed by atoms with E-state index in [9.17, 15) is 0 Å². The Bertz CT molecular complexity index is 1210. The van der Waals surface area contributed by atoms with E-state index in [1.165, 1.54) is 31.8 Å². The average molecular weight is 571 g/mol. The van der Waals surface area contributed by atoms with Crippen LogP contribution >= 0.6 is 15.8 Å². The smallest absolute Gasteiger partial charge is 0.344 e. The summed E-state index contributed by atoms with van der Waals surface area (Å²) >= 11 is 0. The third-order valence-electron chi connectivity index (χ3n) is 5.86. The first-order chi connectivity index (χ1) is 17.9. The van der Waals surface area contributed by atoms with Gasteiger partial charge in [-0.05, 0) is 37.1 Å². The summed E-state index contributed by atoms with van der Waals surface area (Å²) in [6.07, 6.45) is 0. The van der Waals surface area contributed by atoms with E-state index in [2.05, 4.69) is 170 Å². The van der Waals surface area contributed by atoms with Crippen LogP contribution in [0, 0.1) is 0 Å². The topological polar surface area (TPSA) is 35.0 Å². The van der Waals surface area contributed by atoms with Gasteiger partial charge >= 0.3 is 17.1 Å². The van der Waals surface area contributed by atoms with Crippen LogP contribution in [0.1, 0.15) is 0 Å². The molecule has 0 aromatic heterocycles. The minimum Gasteiger partial charge on any atom is -0.344 e. The van der Waals surface area contributed by atoms with E-state index in [-0.39, 0.29) is 23.2 Å². The van der Waals surface area contributed by atoms with Gasteiger partial charge < -0.3 is 6.15 Å². The Morgan fingerprint density at radius 3 is 0.816 bits per heavy atom. The molecule has 0 bridgehead atoms. The summed E-state index contributed by atoms with van der Waals surface area (Å²) in [5.74, 6) is 0. The maximum atomic E-state index is 2.23. The van der Waals surface area contributed by atoms with Crippen molar-refractivity contribution in [2.75, 3.05) is 0 Å². The molecule has 0 heterocycles. The second-order valence-electron chi connectivity index (χ2n) is 8.30. The Morgan fingerprint density at radius 2 is 0.605 bits per heavy atom. The minimum absolute atomic E-state index is 0. The molecule has 3 N–H and O–H groups in total. The fourth-order valence-electron chi connectivity index (χ4n) is 4.23. The fourth-order valence-corrected chi connectivity index (χ4v) is 8.84. The van der Waals surface area contributed by atoms with Gasteiger partial charge in [0.05, 0.1) is 0 Å². The SMILES string of the molecule is N.[Fe+2].c1ccc(P(c2ccccc2)c2ccc[cH-]2)cc1.c1ccc(P(c2ccccc2)c2ccc[cH-]2)cc1. The predicted octanol–water partition coefficient (Wildman–Crippen LogP) is 6.49.